The number of hydrogen-bond donors (Lipinski definition) is 2. The number of fused-ring (bicyclic) bond motifs is 1. The minimum absolute atomic E-state index is 0.183. The highest BCUT2D eigenvalue weighted by Gasteiger charge is 2.44. The molecule has 3 aliphatic rings. The zero-order valence-electron chi connectivity index (χ0n) is 19.8. The molecule has 2 saturated carbocycles. The summed E-state index contributed by atoms with van der Waals surface area (Å²) in [6.45, 7) is 11.8. The number of aliphatic hydroxyl groups excluding tert-OH is 1. The highest BCUT2D eigenvalue weighted by molar-refractivity contribution is 5.39. The Hall–Kier alpha value is -1.42. The smallest absolute Gasteiger partial charge is 0.0823 e. The number of allylic oxidation sites excluding steroid dienone is 4. The monoisotopic (exact) mass is 426 g/mol. The van der Waals surface area contributed by atoms with Crippen molar-refractivity contribution >= 4 is 0 Å². The van der Waals surface area contributed by atoms with Crippen LogP contribution in [0.25, 0.3) is 0 Å². The summed E-state index contributed by atoms with van der Waals surface area (Å²) < 4.78 is 6.00. The van der Waals surface area contributed by atoms with E-state index in [9.17, 15) is 10.2 Å². The maximum Gasteiger partial charge on any atom is 0.0823 e. The SMILES string of the molecule is C=C1/C(=C\C=C2/CCC[C@]3(C)C(COC/C=C/C(O)(CC)CC)=CCC23)CCC[C@@H]1O. The molecule has 0 bridgehead atoms. The van der Waals surface area contributed by atoms with Gasteiger partial charge in [0.1, 0.15) is 0 Å². The van der Waals surface area contributed by atoms with Crippen LogP contribution in [0.5, 0.6) is 0 Å². The second-order valence-electron chi connectivity index (χ2n) is 9.88. The minimum Gasteiger partial charge on any atom is -0.388 e. The van der Waals surface area contributed by atoms with E-state index in [2.05, 4.69) is 31.7 Å². The normalized spacial score (nSPS) is 32.2. The van der Waals surface area contributed by atoms with Crippen molar-refractivity contribution in [2.75, 3.05) is 13.2 Å². The second-order valence-corrected chi connectivity index (χ2v) is 9.88. The van der Waals surface area contributed by atoms with E-state index in [-0.39, 0.29) is 11.5 Å². The molecule has 0 radical (unpaired) electrons. The van der Waals surface area contributed by atoms with Gasteiger partial charge in [-0.25, -0.2) is 0 Å². The lowest BCUT2D eigenvalue weighted by atomic mass is 9.64. The maximum atomic E-state index is 10.4. The van der Waals surface area contributed by atoms with Crippen LogP contribution in [0.1, 0.15) is 78.6 Å². The highest BCUT2D eigenvalue weighted by Crippen LogP contribution is 2.54. The van der Waals surface area contributed by atoms with E-state index in [0.717, 1.165) is 50.5 Å². The number of aliphatic hydroxyl groups is 2. The van der Waals surface area contributed by atoms with Crippen LogP contribution in [0.3, 0.4) is 0 Å². The van der Waals surface area contributed by atoms with E-state index >= 15 is 0 Å². The van der Waals surface area contributed by atoms with E-state index in [0.29, 0.717) is 19.1 Å². The average Bonchev–Trinajstić information content (AvgIpc) is 3.11. The molecule has 2 N–H and O–H groups in total. The lowest BCUT2D eigenvalue weighted by Gasteiger charge is -2.41. The van der Waals surface area contributed by atoms with Crippen molar-refractivity contribution in [1.82, 2.24) is 0 Å². The van der Waals surface area contributed by atoms with Crippen molar-refractivity contribution in [1.29, 1.82) is 0 Å². The summed E-state index contributed by atoms with van der Waals surface area (Å²) in [5, 5.41) is 20.5. The van der Waals surface area contributed by atoms with Crippen LogP contribution in [-0.4, -0.2) is 35.1 Å². The Bertz CT molecular complexity index is 765. The molecule has 3 rings (SSSR count). The summed E-state index contributed by atoms with van der Waals surface area (Å²) in [6, 6.07) is 0. The van der Waals surface area contributed by atoms with Crippen molar-refractivity contribution in [3.8, 4) is 0 Å². The molecule has 0 saturated heterocycles. The van der Waals surface area contributed by atoms with Crippen LogP contribution in [0.15, 0.2) is 59.3 Å². The van der Waals surface area contributed by atoms with Crippen LogP contribution in [0, 0.1) is 11.3 Å². The molecular formula is C28H42O3. The van der Waals surface area contributed by atoms with E-state index < -0.39 is 5.60 Å². The molecule has 3 atom stereocenters. The van der Waals surface area contributed by atoms with Crippen LogP contribution in [0.4, 0.5) is 0 Å². The molecule has 2 fully saturated rings. The van der Waals surface area contributed by atoms with Gasteiger partial charge in [0, 0.05) is 0 Å². The fourth-order valence-electron chi connectivity index (χ4n) is 5.55. The molecule has 1 unspecified atom stereocenters. The van der Waals surface area contributed by atoms with Gasteiger partial charge in [0.2, 0.25) is 0 Å². The average molecular weight is 427 g/mol. The van der Waals surface area contributed by atoms with Gasteiger partial charge in [-0.05, 0) is 85.8 Å². The van der Waals surface area contributed by atoms with E-state index in [1.807, 2.05) is 26.0 Å². The van der Waals surface area contributed by atoms with Crippen molar-refractivity contribution in [2.24, 2.45) is 11.3 Å². The molecule has 0 aromatic rings. The largest absolute Gasteiger partial charge is 0.388 e. The van der Waals surface area contributed by atoms with E-state index in [1.165, 1.54) is 29.6 Å². The predicted molar refractivity (Wildman–Crippen MR) is 129 cm³/mol. The van der Waals surface area contributed by atoms with E-state index in [1.54, 1.807) is 0 Å². The molecule has 0 aromatic carbocycles. The first-order chi connectivity index (χ1) is 14.8. The van der Waals surface area contributed by atoms with Crippen LogP contribution < -0.4 is 0 Å². The van der Waals surface area contributed by atoms with Crippen molar-refractivity contribution in [3.63, 3.8) is 0 Å². The van der Waals surface area contributed by atoms with Gasteiger partial charge in [-0.15, -0.1) is 0 Å². The summed E-state index contributed by atoms with van der Waals surface area (Å²) in [5.41, 5.74) is 4.58. The lowest BCUT2D eigenvalue weighted by Crippen LogP contribution is -2.32. The number of rotatable bonds is 8. The molecular weight excluding hydrogens is 384 g/mol. The molecule has 3 nitrogen and oxygen atoms in total. The van der Waals surface area contributed by atoms with Gasteiger partial charge in [-0.2, -0.15) is 0 Å². The second kappa shape index (κ2) is 10.5. The molecule has 3 heteroatoms. The Balaban J connectivity index is 1.60. The Morgan fingerprint density at radius 3 is 2.74 bits per heavy atom. The van der Waals surface area contributed by atoms with Gasteiger partial charge < -0.3 is 14.9 Å². The number of hydrogen-bond acceptors (Lipinski definition) is 3. The summed E-state index contributed by atoms with van der Waals surface area (Å²) in [6.07, 6.45) is 19.5. The summed E-state index contributed by atoms with van der Waals surface area (Å²) in [7, 11) is 0. The first kappa shape index (κ1) is 24.2. The summed E-state index contributed by atoms with van der Waals surface area (Å²) >= 11 is 0. The van der Waals surface area contributed by atoms with Gasteiger partial charge in [-0.3, -0.25) is 0 Å². The van der Waals surface area contributed by atoms with Gasteiger partial charge in [0.25, 0.3) is 0 Å². The van der Waals surface area contributed by atoms with Crippen molar-refractivity contribution in [2.45, 2.75) is 90.3 Å². The van der Waals surface area contributed by atoms with Gasteiger partial charge >= 0.3 is 0 Å². The van der Waals surface area contributed by atoms with Crippen LogP contribution in [0.2, 0.25) is 0 Å². The Morgan fingerprint density at radius 1 is 1.23 bits per heavy atom. The predicted octanol–water partition coefficient (Wildman–Crippen LogP) is 6.20. The van der Waals surface area contributed by atoms with Crippen molar-refractivity contribution < 1.29 is 14.9 Å². The van der Waals surface area contributed by atoms with Gasteiger partial charge in [0.05, 0.1) is 24.9 Å². The minimum atomic E-state index is -0.704. The third-order valence-corrected chi connectivity index (χ3v) is 8.07. The fraction of sp³-hybridized carbons (Fsp3) is 0.643. The quantitative estimate of drug-likeness (QED) is 0.359. The molecule has 172 valence electrons. The first-order valence-corrected chi connectivity index (χ1v) is 12.3. The first-order valence-electron chi connectivity index (χ1n) is 12.3. The zero-order chi connectivity index (χ0) is 22.5. The third kappa shape index (κ3) is 5.50. The molecule has 3 aliphatic carbocycles. The number of ether oxygens (including phenoxy) is 1. The third-order valence-electron chi connectivity index (χ3n) is 8.07. The van der Waals surface area contributed by atoms with Crippen LogP contribution in [-0.2, 0) is 4.74 Å². The molecule has 0 amide bonds. The molecule has 0 heterocycles. The molecule has 31 heavy (non-hydrogen) atoms. The summed E-state index contributed by atoms with van der Waals surface area (Å²) in [4.78, 5) is 0. The Labute approximate surface area is 189 Å². The van der Waals surface area contributed by atoms with Crippen molar-refractivity contribution in [3.05, 3.63) is 59.3 Å². The Kier molecular flexibility index (Phi) is 8.18. The molecule has 0 aromatic heterocycles. The topological polar surface area (TPSA) is 49.7 Å². The highest BCUT2D eigenvalue weighted by atomic mass is 16.5. The zero-order valence-corrected chi connectivity index (χ0v) is 19.8. The van der Waals surface area contributed by atoms with Crippen LogP contribution >= 0.6 is 0 Å². The standard InChI is InChI=1S/C28H42O3/c1-5-28(30,6-2)18-9-19-31-20-24-15-16-25-23(11-8-17-27(24,25)4)14-13-22-10-7-12-26(29)21(22)3/h9,13-15,18,25-26,29-30H,3,5-8,10-12,16-17,19-20H2,1-2,4H3/b18-9+,22-13-,23-14+/t25?,26-,27+/m0/s1. The molecule has 0 spiro atoms. The van der Waals surface area contributed by atoms with Gasteiger partial charge in [-0.1, -0.05) is 63.3 Å². The summed E-state index contributed by atoms with van der Waals surface area (Å²) in [5.74, 6) is 0.555. The maximum absolute atomic E-state index is 10.4. The fourth-order valence-corrected chi connectivity index (χ4v) is 5.55. The van der Waals surface area contributed by atoms with Gasteiger partial charge in [0.15, 0.2) is 0 Å². The Morgan fingerprint density at radius 2 is 2.00 bits per heavy atom. The molecule has 0 aliphatic heterocycles. The van der Waals surface area contributed by atoms with E-state index in [4.69, 9.17) is 4.74 Å². The lowest BCUT2D eigenvalue weighted by molar-refractivity contribution is 0.0810.